The number of sulfone groups is 1. The highest BCUT2D eigenvalue weighted by molar-refractivity contribution is 7.92. The van der Waals surface area contributed by atoms with Gasteiger partial charge in [0.1, 0.15) is 0 Å². The van der Waals surface area contributed by atoms with Crippen LogP contribution in [0.15, 0.2) is 0 Å². The van der Waals surface area contributed by atoms with Crippen LogP contribution < -0.4 is 5.32 Å². The van der Waals surface area contributed by atoms with Gasteiger partial charge in [-0.25, -0.2) is 8.42 Å². The number of rotatable bonds is 7. The van der Waals surface area contributed by atoms with Gasteiger partial charge >= 0.3 is 0 Å². The highest BCUT2D eigenvalue weighted by Crippen LogP contribution is 2.38. The topological polar surface area (TPSA) is 73.9 Å². The standard InChI is InChI=1S/C14H27NO5S/c1-3-6-15-12-4-5-14(19-7-8-20-14)11-13(12)21(16,17)10-9-18-2/h12-13,15H,3-11H2,1-2H3. The molecule has 7 heteroatoms. The lowest BCUT2D eigenvalue weighted by molar-refractivity contribution is -0.178. The summed E-state index contributed by atoms with van der Waals surface area (Å²) in [7, 11) is -1.71. The summed E-state index contributed by atoms with van der Waals surface area (Å²) in [5.41, 5.74) is 0. The third-order valence-corrected chi connectivity index (χ3v) is 6.45. The van der Waals surface area contributed by atoms with Crippen LogP contribution in [0.4, 0.5) is 0 Å². The van der Waals surface area contributed by atoms with Crippen LogP contribution in [0.1, 0.15) is 32.6 Å². The molecule has 0 aromatic heterocycles. The smallest absolute Gasteiger partial charge is 0.169 e. The van der Waals surface area contributed by atoms with Crippen LogP contribution in [0.3, 0.4) is 0 Å². The van der Waals surface area contributed by atoms with Gasteiger partial charge < -0.3 is 19.5 Å². The molecule has 1 spiro atoms. The van der Waals surface area contributed by atoms with Gasteiger partial charge in [-0.05, 0) is 19.4 Å². The molecule has 2 unspecified atom stereocenters. The average Bonchev–Trinajstić information content (AvgIpc) is 2.92. The Labute approximate surface area is 127 Å². The summed E-state index contributed by atoms with van der Waals surface area (Å²) < 4.78 is 41.6. The Balaban J connectivity index is 2.12. The van der Waals surface area contributed by atoms with Gasteiger partial charge in [0.2, 0.25) is 0 Å². The Hall–Kier alpha value is -0.210. The molecule has 0 amide bonds. The third-order valence-electron chi connectivity index (χ3n) is 4.30. The molecular weight excluding hydrogens is 294 g/mol. The molecule has 6 nitrogen and oxygen atoms in total. The summed E-state index contributed by atoms with van der Waals surface area (Å²) in [6, 6.07) is -0.0229. The fourth-order valence-electron chi connectivity index (χ4n) is 3.16. The molecule has 2 fully saturated rings. The van der Waals surface area contributed by atoms with E-state index in [1.807, 2.05) is 0 Å². The Morgan fingerprint density at radius 2 is 2.05 bits per heavy atom. The summed E-state index contributed by atoms with van der Waals surface area (Å²) in [5.74, 6) is -0.635. The first-order valence-electron chi connectivity index (χ1n) is 7.75. The lowest BCUT2D eigenvalue weighted by atomic mass is 9.89. The molecule has 2 aliphatic rings. The minimum atomic E-state index is -3.24. The van der Waals surface area contributed by atoms with Gasteiger partial charge in [0, 0.05) is 26.0 Å². The van der Waals surface area contributed by atoms with E-state index in [-0.39, 0.29) is 18.4 Å². The highest BCUT2D eigenvalue weighted by Gasteiger charge is 2.49. The maximum Gasteiger partial charge on any atom is 0.169 e. The molecule has 1 aliphatic heterocycles. The van der Waals surface area contributed by atoms with Crippen LogP contribution in [-0.4, -0.2) is 64.7 Å². The van der Waals surface area contributed by atoms with Gasteiger partial charge in [0.05, 0.1) is 30.8 Å². The van der Waals surface area contributed by atoms with Crippen molar-refractivity contribution in [1.29, 1.82) is 0 Å². The first-order chi connectivity index (χ1) is 10.0. The van der Waals surface area contributed by atoms with Crippen LogP contribution in [0.25, 0.3) is 0 Å². The zero-order chi connectivity index (χ0) is 15.3. The van der Waals surface area contributed by atoms with Crippen molar-refractivity contribution in [2.75, 3.05) is 39.2 Å². The number of nitrogens with one attached hydrogen (secondary N) is 1. The molecule has 0 radical (unpaired) electrons. The molecule has 124 valence electrons. The zero-order valence-corrected chi connectivity index (χ0v) is 13.8. The lowest BCUT2D eigenvalue weighted by Crippen LogP contribution is -2.54. The number of hydrogen-bond donors (Lipinski definition) is 1. The van der Waals surface area contributed by atoms with E-state index in [4.69, 9.17) is 14.2 Å². The van der Waals surface area contributed by atoms with E-state index in [1.54, 1.807) is 0 Å². The Morgan fingerprint density at radius 3 is 2.67 bits per heavy atom. The van der Waals surface area contributed by atoms with Crippen LogP contribution in [0.5, 0.6) is 0 Å². The summed E-state index contributed by atoms with van der Waals surface area (Å²) in [5, 5.41) is 2.91. The fourth-order valence-corrected chi connectivity index (χ4v) is 5.11. The van der Waals surface area contributed by atoms with Crippen LogP contribution >= 0.6 is 0 Å². The van der Waals surface area contributed by atoms with Gasteiger partial charge in [-0.15, -0.1) is 0 Å². The van der Waals surface area contributed by atoms with Crippen LogP contribution in [0, 0.1) is 0 Å². The number of hydrogen-bond acceptors (Lipinski definition) is 6. The molecule has 0 aromatic rings. The highest BCUT2D eigenvalue weighted by atomic mass is 32.2. The van der Waals surface area contributed by atoms with Gasteiger partial charge in [-0.1, -0.05) is 6.92 Å². The van der Waals surface area contributed by atoms with E-state index in [2.05, 4.69) is 12.2 Å². The largest absolute Gasteiger partial charge is 0.384 e. The first kappa shape index (κ1) is 17.1. The van der Waals surface area contributed by atoms with Crippen LogP contribution in [-0.2, 0) is 24.0 Å². The maximum absolute atomic E-state index is 12.6. The monoisotopic (exact) mass is 321 g/mol. The minimum Gasteiger partial charge on any atom is -0.384 e. The molecule has 21 heavy (non-hydrogen) atoms. The first-order valence-corrected chi connectivity index (χ1v) is 9.46. The van der Waals surface area contributed by atoms with E-state index in [1.165, 1.54) is 7.11 Å². The second-order valence-corrected chi connectivity index (χ2v) is 8.15. The summed E-state index contributed by atoms with van der Waals surface area (Å²) >= 11 is 0. The Bertz CT molecular complexity index is 419. The summed E-state index contributed by atoms with van der Waals surface area (Å²) in [4.78, 5) is 0. The van der Waals surface area contributed by atoms with Crippen molar-refractivity contribution in [3.63, 3.8) is 0 Å². The molecule has 1 saturated heterocycles. The zero-order valence-electron chi connectivity index (χ0n) is 13.0. The van der Waals surface area contributed by atoms with Crippen molar-refractivity contribution >= 4 is 9.84 Å². The van der Waals surface area contributed by atoms with Crippen molar-refractivity contribution < 1.29 is 22.6 Å². The molecule has 0 bridgehead atoms. The van der Waals surface area contributed by atoms with Crippen molar-refractivity contribution in [3.05, 3.63) is 0 Å². The van der Waals surface area contributed by atoms with Gasteiger partial charge in [-0.3, -0.25) is 0 Å². The van der Waals surface area contributed by atoms with Crippen molar-refractivity contribution in [2.24, 2.45) is 0 Å². The third kappa shape index (κ3) is 4.16. The molecule has 2 atom stereocenters. The van der Waals surface area contributed by atoms with Crippen molar-refractivity contribution in [3.8, 4) is 0 Å². The van der Waals surface area contributed by atoms with E-state index in [0.717, 1.165) is 25.8 Å². The average molecular weight is 321 g/mol. The number of ether oxygens (including phenoxy) is 3. The van der Waals surface area contributed by atoms with Gasteiger partial charge in [0.15, 0.2) is 15.6 Å². The molecule has 1 N–H and O–H groups in total. The fraction of sp³-hybridized carbons (Fsp3) is 1.00. The SMILES string of the molecule is CCCNC1CCC2(CC1S(=O)(=O)CCOC)OCCO2. The second-order valence-electron chi connectivity index (χ2n) is 5.81. The molecule has 2 rings (SSSR count). The second kappa shape index (κ2) is 7.37. The summed E-state index contributed by atoms with van der Waals surface area (Å²) in [6.07, 6.45) is 2.92. The predicted molar refractivity (Wildman–Crippen MR) is 80.0 cm³/mol. The number of methoxy groups -OCH3 is 1. The quantitative estimate of drug-likeness (QED) is 0.744. The molecule has 1 aliphatic carbocycles. The molecule has 1 saturated carbocycles. The van der Waals surface area contributed by atoms with Crippen molar-refractivity contribution in [2.45, 2.75) is 49.7 Å². The Kier molecular flexibility index (Phi) is 6.02. The van der Waals surface area contributed by atoms with E-state index < -0.39 is 20.9 Å². The predicted octanol–water partition coefficient (Wildman–Crippen LogP) is 0.711. The maximum atomic E-state index is 12.6. The summed E-state index contributed by atoms with van der Waals surface area (Å²) in [6.45, 7) is 4.24. The van der Waals surface area contributed by atoms with E-state index in [9.17, 15) is 8.42 Å². The minimum absolute atomic E-state index is 0.0229. The van der Waals surface area contributed by atoms with Crippen molar-refractivity contribution in [1.82, 2.24) is 5.32 Å². The Morgan fingerprint density at radius 1 is 1.33 bits per heavy atom. The molecular formula is C14H27NO5S. The molecule has 0 aromatic carbocycles. The van der Waals surface area contributed by atoms with Crippen LogP contribution in [0.2, 0.25) is 0 Å². The normalized spacial score (nSPS) is 29.0. The van der Waals surface area contributed by atoms with E-state index in [0.29, 0.717) is 19.6 Å². The molecule has 1 heterocycles. The van der Waals surface area contributed by atoms with Gasteiger partial charge in [-0.2, -0.15) is 0 Å². The lowest BCUT2D eigenvalue weighted by Gasteiger charge is -2.41. The van der Waals surface area contributed by atoms with E-state index >= 15 is 0 Å². The van der Waals surface area contributed by atoms with Gasteiger partial charge in [0.25, 0.3) is 0 Å².